The molecule has 2 aromatic carbocycles. The maximum Gasteiger partial charge on any atom is 0.246 e. The number of nitrogens with zero attached hydrogens (tertiary/aromatic N) is 4. The van der Waals surface area contributed by atoms with Crippen LogP contribution in [0.4, 0.5) is 4.39 Å². The minimum absolute atomic E-state index is 0.118. The normalized spacial score (nSPS) is 16.0. The van der Waals surface area contributed by atoms with Crippen LogP contribution in [0.3, 0.4) is 0 Å². The highest BCUT2D eigenvalue weighted by Crippen LogP contribution is 2.36. The van der Waals surface area contributed by atoms with Gasteiger partial charge in [-0.25, -0.2) is 4.39 Å². The Labute approximate surface area is 192 Å². The molecule has 2 aliphatic heterocycles. The molecule has 2 aliphatic rings. The third kappa shape index (κ3) is 4.73. The zero-order valence-electron chi connectivity index (χ0n) is 18.6. The number of benzene rings is 2. The summed E-state index contributed by atoms with van der Waals surface area (Å²) in [7, 11) is 3.84. The molecule has 2 heterocycles. The van der Waals surface area contributed by atoms with Crippen molar-refractivity contribution in [2.75, 3.05) is 40.3 Å². The number of carbonyl (C=O) groups excluding carboxylic acids is 1. The number of aromatic hydroxyl groups is 1. The molecule has 1 saturated heterocycles. The Morgan fingerprint density at radius 2 is 2.12 bits per heavy atom. The number of halogens is 1. The van der Waals surface area contributed by atoms with Crippen molar-refractivity contribution < 1.29 is 19.0 Å². The summed E-state index contributed by atoms with van der Waals surface area (Å²) in [6.07, 6.45) is 5.06. The van der Waals surface area contributed by atoms with Crippen LogP contribution in [-0.2, 0) is 11.3 Å². The number of fused-ring (bicyclic) bond motifs is 1. The molecule has 0 bridgehead atoms. The van der Waals surface area contributed by atoms with Gasteiger partial charge in [-0.15, -0.1) is 0 Å². The van der Waals surface area contributed by atoms with Crippen molar-refractivity contribution in [2.45, 2.75) is 6.54 Å². The molecule has 1 N–H and O–H groups in total. The summed E-state index contributed by atoms with van der Waals surface area (Å²) in [6.45, 7) is 1.88. The number of nitriles is 1. The lowest BCUT2D eigenvalue weighted by atomic mass is 9.82. The van der Waals surface area contributed by atoms with Crippen LogP contribution in [0.2, 0.25) is 0 Å². The van der Waals surface area contributed by atoms with Crippen LogP contribution in [0.1, 0.15) is 11.1 Å². The highest BCUT2D eigenvalue weighted by molar-refractivity contribution is 5.90. The molecule has 7 nitrogen and oxygen atoms in total. The van der Waals surface area contributed by atoms with E-state index < -0.39 is 17.0 Å². The lowest BCUT2D eigenvalue weighted by Gasteiger charge is -2.44. The molecular weight excluding hydrogens is 423 g/mol. The third-order valence-corrected chi connectivity index (χ3v) is 5.76. The largest absolute Gasteiger partial charge is 0.505 e. The topological polar surface area (TPSA) is 89.2 Å². The van der Waals surface area contributed by atoms with Gasteiger partial charge in [0.1, 0.15) is 17.8 Å². The van der Waals surface area contributed by atoms with Crippen LogP contribution in [0.25, 0.3) is 11.1 Å². The second kappa shape index (κ2) is 9.04. The molecule has 170 valence electrons. The Bertz CT molecular complexity index is 1180. The van der Waals surface area contributed by atoms with Crippen LogP contribution in [0, 0.1) is 22.6 Å². The van der Waals surface area contributed by atoms with E-state index in [0.29, 0.717) is 37.5 Å². The van der Waals surface area contributed by atoms with Crippen LogP contribution in [0.15, 0.2) is 47.5 Å². The van der Waals surface area contributed by atoms with Gasteiger partial charge in [-0.1, -0.05) is 12.1 Å². The monoisotopic (exact) mass is 448 g/mol. The number of phenolic OH excluding ortho intramolecular Hbond substituents is 1. The maximum absolute atomic E-state index is 13.9. The molecule has 8 heteroatoms. The second-order valence-electron chi connectivity index (χ2n) is 8.72. The zero-order valence-corrected chi connectivity index (χ0v) is 18.6. The molecule has 2 aromatic rings. The number of rotatable bonds is 7. The molecule has 0 spiro atoms. The average molecular weight is 448 g/mol. The fourth-order valence-corrected chi connectivity index (χ4v) is 3.89. The number of likely N-dealkylation sites (tertiary alicyclic amines) is 1. The van der Waals surface area contributed by atoms with Crippen LogP contribution < -0.4 is 4.74 Å². The predicted molar refractivity (Wildman–Crippen MR) is 123 cm³/mol. The fraction of sp³-hybridized carbons (Fsp3) is 0.320. The summed E-state index contributed by atoms with van der Waals surface area (Å²) in [5, 5.41) is 19.2. The molecule has 0 unspecified atom stereocenters. The van der Waals surface area contributed by atoms with E-state index in [1.165, 1.54) is 18.2 Å². The molecule has 0 aromatic heterocycles. The Morgan fingerprint density at radius 1 is 1.33 bits per heavy atom. The summed E-state index contributed by atoms with van der Waals surface area (Å²) < 4.78 is 20.0. The quantitative estimate of drug-likeness (QED) is 0.658. The van der Waals surface area contributed by atoms with Crippen LogP contribution in [-0.4, -0.2) is 67.4 Å². The first-order valence-corrected chi connectivity index (χ1v) is 10.6. The standard InChI is InChI=1S/C25H25FN4O3/c1-29(2)7-3-4-24(32)30-14-25(13-27,15-30)16-33-23-10-18(8-19-11-28-12-20(19)23)17-5-6-22(31)21(26)9-17/h3-6,8-10,12,31H,7,11,14-16H2,1-2H3/b4-3+. The number of phenols is 1. The van der Waals surface area contributed by atoms with Crippen molar-refractivity contribution in [3.8, 4) is 28.7 Å². The van der Waals surface area contributed by atoms with E-state index in [1.807, 2.05) is 25.1 Å². The number of aliphatic imine (C=N–C) groups is 1. The van der Waals surface area contributed by atoms with E-state index in [0.717, 1.165) is 16.7 Å². The van der Waals surface area contributed by atoms with E-state index in [2.05, 4.69) is 11.1 Å². The Kier molecular flexibility index (Phi) is 6.16. The Balaban J connectivity index is 1.48. The van der Waals surface area contributed by atoms with Crippen molar-refractivity contribution in [3.05, 3.63) is 59.4 Å². The minimum atomic E-state index is -0.783. The van der Waals surface area contributed by atoms with Crippen LogP contribution >= 0.6 is 0 Å². The molecule has 1 fully saturated rings. The number of amides is 1. The first-order chi connectivity index (χ1) is 15.8. The van der Waals surface area contributed by atoms with E-state index in [4.69, 9.17) is 4.74 Å². The number of likely N-dealkylation sites (N-methyl/N-ethyl adjacent to an activating group) is 1. The van der Waals surface area contributed by atoms with E-state index in [1.54, 1.807) is 29.3 Å². The Morgan fingerprint density at radius 3 is 2.82 bits per heavy atom. The van der Waals surface area contributed by atoms with Gasteiger partial charge in [-0.2, -0.15) is 5.26 Å². The predicted octanol–water partition coefficient (Wildman–Crippen LogP) is 2.98. The molecule has 33 heavy (non-hydrogen) atoms. The van der Waals surface area contributed by atoms with Crippen LogP contribution in [0.5, 0.6) is 11.5 Å². The summed E-state index contributed by atoms with van der Waals surface area (Å²) in [4.78, 5) is 20.2. The summed E-state index contributed by atoms with van der Waals surface area (Å²) >= 11 is 0. The van der Waals surface area contributed by atoms with E-state index in [9.17, 15) is 19.6 Å². The van der Waals surface area contributed by atoms with Crippen molar-refractivity contribution in [2.24, 2.45) is 10.4 Å². The highest BCUT2D eigenvalue weighted by Gasteiger charge is 2.46. The number of hydrogen-bond acceptors (Lipinski definition) is 6. The molecule has 0 radical (unpaired) electrons. The zero-order chi connectivity index (χ0) is 23.6. The van der Waals surface area contributed by atoms with Crippen molar-refractivity contribution in [1.29, 1.82) is 5.26 Å². The maximum atomic E-state index is 13.9. The fourth-order valence-electron chi connectivity index (χ4n) is 3.89. The average Bonchev–Trinajstić information content (AvgIpc) is 3.23. The summed E-state index contributed by atoms with van der Waals surface area (Å²) in [6, 6.07) is 10.2. The smallest absolute Gasteiger partial charge is 0.246 e. The van der Waals surface area contributed by atoms with Crippen molar-refractivity contribution in [3.63, 3.8) is 0 Å². The number of ether oxygens (including phenoxy) is 1. The first kappa shape index (κ1) is 22.5. The second-order valence-corrected chi connectivity index (χ2v) is 8.72. The molecule has 1 amide bonds. The van der Waals surface area contributed by atoms with Crippen molar-refractivity contribution >= 4 is 12.1 Å². The summed E-state index contributed by atoms with van der Waals surface area (Å²) in [5.41, 5.74) is 2.33. The lowest BCUT2D eigenvalue weighted by Crippen LogP contribution is -2.60. The van der Waals surface area contributed by atoms with Gasteiger partial charge in [0.05, 0.1) is 12.6 Å². The first-order valence-electron chi connectivity index (χ1n) is 10.6. The van der Waals surface area contributed by atoms with Gasteiger partial charge in [0.15, 0.2) is 11.6 Å². The molecule has 4 rings (SSSR count). The molecule has 0 atom stereocenters. The van der Waals surface area contributed by atoms with Gasteiger partial charge in [-0.05, 0) is 55.1 Å². The van der Waals surface area contributed by atoms with Crippen molar-refractivity contribution in [1.82, 2.24) is 9.80 Å². The van der Waals surface area contributed by atoms with Gasteiger partial charge in [-0.3, -0.25) is 9.79 Å². The lowest BCUT2D eigenvalue weighted by molar-refractivity contribution is -0.136. The molecule has 0 aliphatic carbocycles. The van der Waals surface area contributed by atoms with Gasteiger partial charge >= 0.3 is 0 Å². The Hall–Kier alpha value is -3.70. The van der Waals surface area contributed by atoms with Gasteiger partial charge in [0, 0.05) is 37.5 Å². The third-order valence-electron chi connectivity index (χ3n) is 5.76. The molecular formula is C25H25FN4O3. The number of carbonyl (C=O) groups is 1. The van der Waals surface area contributed by atoms with E-state index in [-0.39, 0.29) is 12.5 Å². The summed E-state index contributed by atoms with van der Waals surface area (Å²) in [5.74, 6) is -0.667. The highest BCUT2D eigenvalue weighted by atomic mass is 19.1. The number of hydrogen-bond donors (Lipinski definition) is 1. The van der Waals surface area contributed by atoms with Gasteiger partial charge < -0.3 is 19.6 Å². The van der Waals surface area contributed by atoms with E-state index >= 15 is 0 Å². The SMILES string of the molecule is CN(C)C/C=C/C(=O)N1CC(C#N)(COc2cc(-c3ccc(O)c(F)c3)cc3c2C=NC3)C1. The van der Waals surface area contributed by atoms with Gasteiger partial charge in [0.2, 0.25) is 5.91 Å². The molecule has 0 saturated carbocycles. The minimum Gasteiger partial charge on any atom is -0.505 e. The van der Waals surface area contributed by atoms with Gasteiger partial charge in [0.25, 0.3) is 0 Å².